The average Bonchev–Trinajstić information content (AvgIpc) is 2.32. The summed E-state index contributed by atoms with van der Waals surface area (Å²) in [6, 6.07) is 8.31. The van der Waals surface area contributed by atoms with Crippen LogP contribution in [0.25, 0.3) is 0 Å². The number of anilines is 1. The first-order valence-electron chi connectivity index (χ1n) is 5.69. The fraction of sp³-hybridized carbons (Fsp3) is 0.462. The summed E-state index contributed by atoms with van der Waals surface area (Å²) < 4.78 is 6.61. The molecule has 1 saturated heterocycles. The molecule has 0 aliphatic carbocycles. The maximum Gasteiger partial charge on any atom is 0.101 e. The van der Waals surface area contributed by atoms with E-state index in [0.29, 0.717) is 18.2 Å². The van der Waals surface area contributed by atoms with Gasteiger partial charge in [0.2, 0.25) is 0 Å². The molecule has 2 atom stereocenters. The first-order chi connectivity index (χ1) is 8.11. The summed E-state index contributed by atoms with van der Waals surface area (Å²) in [4.78, 5) is 2.25. The normalized spacial score (nSPS) is 24.5. The van der Waals surface area contributed by atoms with E-state index in [1.807, 2.05) is 18.2 Å². The van der Waals surface area contributed by atoms with Crippen LogP contribution in [0.15, 0.2) is 22.7 Å². The fourth-order valence-electron chi connectivity index (χ4n) is 2.08. The molecular formula is C13H15BrN2O. The molecule has 0 saturated carbocycles. The first-order valence-corrected chi connectivity index (χ1v) is 6.49. The number of nitriles is 1. The molecule has 2 rings (SSSR count). The van der Waals surface area contributed by atoms with Crippen molar-refractivity contribution in [1.29, 1.82) is 5.26 Å². The Morgan fingerprint density at radius 3 is 2.94 bits per heavy atom. The van der Waals surface area contributed by atoms with Gasteiger partial charge < -0.3 is 9.64 Å². The molecule has 1 aliphatic rings. The lowest BCUT2D eigenvalue weighted by molar-refractivity contribution is 0.0343. The van der Waals surface area contributed by atoms with Gasteiger partial charge in [0.05, 0.1) is 24.0 Å². The number of rotatable bonds is 1. The summed E-state index contributed by atoms with van der Waals surface area (Å²) in [5.41, 5.74) is 1.71. The van der Waals surface area contributed by atoms with Gasteiger partial charge in [0, 0.05) is 17.1 Å². The Morgan fingerprint density at radius 1 is 1.47 bits per heavy atom. The molecular weight excluding hydrogens is 280 g/mol. The Kier molecular flexibility index (Phi) is 3.70. The predicted octanol–water partition coefficient (Wildman–Crippen LogP) is 2.93. The molecule has 3 nitrogen and oxygen atoms in total. The highest BCUT2D eigenvalue weighted by atomic mass is 79.9. The highest BCUT2D eigenvalue weighted by Crippen LogP contribution is 2.28. The Bertz CT molecular complexity index is 455. The van der Waals surface area contributed by atoms with Crippen molar-refractivity contribution in [2.45, 2.75) is 26.0 Å². The van der Waals surface area contributed by atoms with Crippen molar-refractivity contribution in [1.82, 2.24) is 0 Å². The van der Waals surface area contributed by atoms with Crippen LogP contribution in [0.2, 0.25) is 0 Å². The van der Waals surface area contributed by atoms with Crippen molar-refractivity contribution in [3.63, 3.8) is 0 Å². The minimum atomic E-state index is 0.205. The van der Waals surface area contributed by atoms with Crippen LogP contribution in [-0.2, 0) is 4.74 Å². The molecule has 1 aromatic rings. The van der Waals surface area contributed by atoms with Crippen molar-refractivity contribution < 1.29 is 4.74 Å². The zero-order chi connectivity index (χ0) is 12.4. The number of halogens is 1. The summed E-state index contributed by atoms with van der Waals surface area (Å²) >= 11 is 3.46. The molecule has 0 bridgehead atoms. The standard InChI is InChI=1S/C13H15BrN2O/c1-9-8-17-10(2)7-16(9)13-5-12(14)4-3-11(13)6-15/h3-5,9-10H,7-8H2,1-2H3. The van der Waals surface area contributed by atoms with Crippen LogP contribution in [0, 0.1) is 11.3 Å². The van der Waals surface area contributed by atoms with E-state index in [1.165, 1.54) is 0 Å². The van der Waals surface area contributed by atoms with Crippen LogP contribution in [0.3, 0.4) is 0 Å². The number of hydrogen-bond donors (Lipinski definition) is 0. The molecule has 0 radical (unpaired) electrons. The molecule has 17 heavy (non-hydrogen) atoms. The minimum Gasteiger partial charge on any atom is -0.375 e. The van der Waals surface area contributed by atoms with Gasteiger partial charge in [0.1, 0.15) is 6.07 Å². The first kappa shape index (κ1) is 12.4. The van der Waals surface area contributed by atoms with Crippen LogP contribution in [-0.4, -0.2) is 25.3 Å². The lowest BCUT2D eigenvalue weighted by Gasteiger charge is -2.39. The second kappa shape index (κ2) is 5.07. The van der Waals surface area contributed by atoms with E-state index >= 15 is 0 Å². The monoisotopic (exact) mass is 294 g/mol. The predicted molar refractivity (Wildman–Crippen MR) is 71.1 cm³/mol. The van der Waals surface area contributed by atoms with Gasteiger partial charge >= 0.3 is 0 Å². The highest BCUT2D eigenvalue weighted by Gasteiger charge is 2.25. The quantitative estimate of drug-likeness (QED) is 0.799. The van der Waals surface area contributed by atoms with Crippen molar-refractivity contribution in [3.05, 3.63) is 28.2 Å². The van der Waals surface area contributed by atoms with Crippen LogP contribution < -0.4 is 4.90 Å². The third kappa shape index (κ3) is 2.62. The summed E-state index contributed by atoms with van der Waals surface area (Å²) in [6.07, 6.45) is 0.205. The van der Waals surface area contributed by atoms with Gasteiger partial charge in [-0.25, -0.2) is 0 Å². The van der Waals surface area contributed by atoms with E-state index in [1.54, 1.807) is 0 Å². The smallest absolute Gasteiger partial charge is 0.101 e. The Hall–Kier alpha value is -1.05. The van der Waals surface area contributed by atoms with Gasteiger partial charge in [-0.15, -0.1) is 0 Å². The van der Waals surface area contributed by atoms with E-state index < -0.39 is 0 Å². The molecule has 2 unspecified atom stereocenters. The number of hydrogen-bond acceptors (Lipinski definition) is 3. The van der Waals surface area contributed by atoms with Crippen LogP contribution in [0.1, 0.15) is 19.4 Å². The van der Waals surface area contributed by atoms with Crippen LogP contribution in [0.5, 0.6) is 0 Å². The van der Waals surface area contributed by atoms with Gasteiger partial charge in [0.15, 0.2) is 0 Å². The van der Waals surface area contributed by atoms with Gasteiger partial charge in [0.25, 0.3) is 0 Å². The zero-order valence-corrected chi connectivity index (χ0v) is 11.6. The van der Waals surface area contributed by atoms with E-state index in [2.05, 4.69) is 40.7 Å². The van der Waals surface area contributed by atoms with Crippen molar-refractivity contribution >= 4 is 21.6 Å². The minimum absolute atomic E-state index is 0.205. The van der Waals surface area contributed by atoms with Crippen molar-refractivity contribution in [3.8, 4) is 6.07 Å². The summed E-state index contributed by atoms with van der Waals surface area (Å²) in [5, 5.41) is 9.17. The maximum absolute atomic E-state index is 9.17. The number of benzene rings is 1. The SMILES string of the molecule is CC1CN(c2cc(Br)ccc2C#N)C(C)CO1. The van der Waals surface area contributed by atoms with E-state index in [0.717, 1.165) is 16.7 Å². The Morgan fingerprint density at radius 2 is 2.24 bits per heavy atom. The molecule has 90 valence electrons. The fourth-order valence-corrected chi connectivity index (χ4v) is 2.42. The van der Waals surface area contributed by atoms with Crippen molar-refractivity contribution in [2.24, 2.45) is 0 Å². The lowest BCUT2D eigenvalue weighted by atomic mass is 10.1. The Balaban J connectivity index is 2.38. The van der Waals surface area contributed by atoms with E-state index in [4.69, 9.17) is 10.00 Å². The lowest BCUT2D eigenvalue weighted by Crippen LogP contribution is -2.47. The topological polar surface area (TPSA) is 36.3 Å². The molecule has 0 spiro atoms. The summed E-state index contributed by atoms with van der Waals surface area (Å²) in [7, 11) is 0. The molecule has 1 fully saturated rings. The Labute approximate surface area is 110 Å². The van der Waals surface area contributed by atoms with Gasteiger partial charge in [-0.3, -0.25) is 0 Å². The van der Waals surface area contributed by atoms with E-state index in [9.17, 15) is 0 Å². The number of nitrogens with zero attached hydrogens (tertiary/aromatic N) is 2. The van der Waals surface area contributed by atoms with Crippen LogP contribution in [0.4, 0.5) is 5.69 Å². The van der Waals surface area contributed by atoms with Gasteiger partial charge in [-0.1, -0.05) is 15.9 Å². The summed E-state index contributed by atoms with van der Waals surface area (Å²) in [6.45, 7) is 5.71. The maximum atomic E-state index is 9.17. The zero-order valence-electron chi connectivity index (χ0n) is 9.98. The van der Waals surface area contributed by atoms with Gasteiger partial charge in [-0.05, 0) is 32.0 Å². The van der Waals surface area contributed by atoms with E-state index in [-0.39, 0.29) is 6.10 Å². The third-order valence-electron chi connectivity index (χ3n) is 3.00. The molecule has 0 amide bonds. The van der Waals surface area contributed by atoms with Crippen molar-refractivity contribution in [2.75, 3.05) is 18.1 Å². The highest BCUT2D eigenvalue weighted by molar-refractivity contribution is 9.10. The molecule has 0 N–H and O–H groups in total. The third-order valence-corrected chi connectivity index (χ3v) is 3.49. The molecule has 1 heterocycles. The second-order valence-electron chi connectivity index (χ2n) is 4.42. The number of morpholine rings is 1. The second-order valence-corrected chi connectivity index (χ2v) is 5.33. The average molecular weight is 295 g/mol. The summed E-state index contributed by atoms with van der Waals surface area (Å²) in [5.74, 6) is 0. The number of ether oxygens (including phenoxy) is 1. The van der Waals surface area contributed by atoms with Gasteiger partial charge in [-0.2, -0.15) is 5.26 Å². The molecule has 0 aromatic heterocycles. The van der Waals surface area contributed by atoms with Crippen LogP contribution >= 0.6 is 15.9 Å². The molecule has 4 heteroatoms. The largest absolute Gasteiger partial charge is 0.375 e. The molecule has 1 aliphatic heterocycles. The molecule has 1 aromatic carbocycles.